The molecule has 0 aliphatic rings. The minimum atomic E-state index is -1.22. The number of benzene rings is 1. The van der Waals surface area contributed by atoms with Gasteiger partial charge in [-0.05, 0) is 48.9 Å². The van der Waals surface area contributed by atoms with Crippen LogP contribution in [0, 0.1) is 5.82 Å². The Kier molecular flexibility index (Phi) is 6.34. The number of aromatic nitrogens is 4. The van der Waals surface area contributed by atoms with Gasteiger partial charge in [-0.3, -0.25) is 9.78 Å². The van der Waals surface area contributed by atoms with E-state index in [-0.39, 0.29) is 24.4 Å². The predicted octanol–water partition coefficient (Wildman–Crippen LogP) is 3.90. The summed E-state index contributed by atoms with van der Waals surface area (Å²) in [5.74, 6) is -0.152. The number of alkyl halides is 1. The molecule has 32 heavy (non-hydrogen) atoms. The summed E-state index contributed by atoms with van der Waals surface area (Å²) < 4.78 is 27.7. The highest BCUT2D eigenvalue weighted by atomic mass is 19.1. The summed E-state index contributed by atoms with van der Waals surface area (Å²) in [6.07, 6.45) is 0.362. The molecule has 0 bridgehead atoms. The second kappa shape index (κ2) is 9.51. The van der Waals surface area contributed by atoms with Crippen molar-refractivity contribution in [2.24, 2.45) is 0 Å². The summed E-state index contributed by atoms with van der Waals surface area (Å²) in [5.41, 5.74) is 3.01. The molecule has 164 valence electrons. The molecule has 3 N–H and O–H groups in total. The normalized spacial score (nSPS) is 12.0. The molecule has 0 spiro atoms. The van der Waals surface area contributed by atoms with Gasteiger partial charge in [0.2, 0.25) is 0 Å². The van der Waals surface area contributed by atoms with Crippen molar-refractivity contribution in [1.82, 2.24) is 25.5 Å². The van der Waals surface area contributed by atoms with Gasteiger partial charge < -0.3 is 15.6 Å². The number of aromatic amines is 1. The molecule has 0 radical (unpaired) electrons. The second-order valence-electron chi connectivity index (χ2n) is 7.32. The van der Waals surface area contributed by atoms with E-state index in [1.54, 1.807) is 19.2 Å². The van der Waals surface area contributed by atoms with Gasteiger partial charge in [0.1, 0.15) is 23.5 Å². The van der Waals surface area contributed by atoms with Crippen LogP contribution in [0.1, 0.15) is 22.6 Å². The second-order valence-corrected chi connectivity index (χ2v) is 7.32. The van der Waals surface area contributed by atoms with Crippen LogP contribution in [0.3, 0.4) is 0 Å². The summed E-state index contributed by atoms with van der Waals surface area (Å²) in [6.45, 7) is 0.335. The highest BCUT2D eigenvalue weighted by molar-refractivity contribution is 5.98. The quantitative estimate of drug-likeness (QED) is 0.389. The highest BCUT2D eigenvalue weighted by Crippen LogP contribution is 2.24. The number of carbonyl (C=O) groups excluding carboxylic acids is 1. The maximum atomic E-state index is 14.1. The lowest BCUT2D eigenvalue weighted by Crippen LogP contribution is -2.17. The number of nitrogens with zero attached hydrogens (tertiary/aromatic N) is 3. The van der Waals surface area contributed by atoms with Crippen LogP contribution in [0.2, 0.25) is 0 Å². The number of hydrogen-bond donors (Lipinski definition) is 3. The maximum absolute atomic E-state index is 14.1. The van der Waals surface area contributed by atoms with E-state index in [4.69, 9.17) is 0 Å². The number of fused-ring (bicyclic) bond motifs is 1. The molecule has 1 atom stereocenters. The monoisotopic (exact) mass is 436 g/mol. The third kappa shape index (κ3) is 4.88. The van der Waals surface area contributed by atoms with Crippen LogP contribution in [-0.2, 0) is 6.42 Å². The first-order chi connectivity index (χ1) is 15.5. The summed E-state index contributed by atoms with van der Waals surface area (Å²) in [6, 6.07) is 13.8. The Hall–Kier alpha value is -3.88. The molecule has 4 aromatic rings. The number of carbonyl (C=O) groups is 1. The lowest BCUT2D eigenvalue weighted by Gasteiger charge is -2.10. The number of anilines is 1. The zero-order chi connectivity index (χ0) is 22.5. The standard InChI is InChI=1S/C23H22F2N6O/c1-26-23(32)21-12-15-11-14(4-5-18(15)29-21)19-6-7-22(31-30-19)28-10-8-16(24)13-20-17(25)3-2-9-27-20/h2-7,9,11-12,16,29H,8,10,13H2,1H3,(H,26,32)(H,28,31)/t16-/m0/s1. The van der Waals surface area contributed by atoms with Gasteiger partial charge in [0, 0.05) is 42.7 Å². The molecule has 0 unspecified atom stereocenters. The number of rotatable bonds is 8. The van der Waals surface area contributed by atoms with E-state index in [0.29, 0.717) is 23.8 Å². The molecule has 1 aromatic carbocycles. The van der Waals surface area contributed by atoms with Gasteiger partial charge in [0.05, 0.1) is 11.4 Å². The predicted molar refractivity (Wildman–Crippen MR) is 119 cm³/mol. The van der Waals surface area contributed by atoms with Crippen molar-refractivity contribution in [2.45, 2.75) is 19.0 Å². The Bertz CT molecular complexity index is 1220. The molecule has 4 rings (SSSR count). The van der Waals surface area contributed by atoms with Gasteiger partial charge in [-0.2, -0.15) is 0 Å². The van der Waals surface area contributed by atoms with Crippen LogP contribution in [0.15, 0.2) is 54.7 Å². The van der Waals surface area contributed by atoms with E-state index >= 15 is 0 Å². The number of pyridine rings is 1. The maximum Gasteiger partial charge on any atom is 0.267 e. The van der Waals surface area contributed by atoms with E-state index < -0.39 is 12.0 Å². The molecule has 3 heterocycles. The van der Waals surface area contributed by atoms with E-state index in [1.807, 2.05) is 24.3 Å². The first-order valence-corrected chi connectivity index (χ1v) is 10.2. The van der Waals surface area contributed by atoms with Gasteiger partial charge in [-0.1, -0.05) is 6.07 Å². The fourth-order valence-electron chi connectivity index (χ4n) is 3.37. The van der Waals surface area contributed by atoms with Gasteiger partial charge in [0.15, 0.2) is 0 Å². The van der Waals surface area contributed by atoms with Gasteiger partial charge in [0.25, 0.3) is 5.91 Å². The number of halogens is 2. The van der Waals surface area contributed by atoms with E-state index in [0.717, 1.165) is 16.5 Å². The van der Waals surface area contributed by atoms with Crippen LogP contribution >= 0.6 is 0 Å². The van der Waals surface area contributed by atoms with Crippen LogP contribution in [0.4, 0.5) is 14.6 Å². The number of amides is 1. The Labute approximate surface area is 183 Å². The Balaban J connectivity index is 1.34. The molecular weight excluding hydrogens is 414 g/mol. The Morgan fingerprint density at radius 3 is 2.78 bits per heavy atom. The fourth-order valence-corrected chi connectivity index (χ4v) is 3.37. The molecule has 3 aromatic heterocycles. The molecule has 0 saturated carbocycles. The van der Waals surface area contributed by atoms with Crippen molar-refractivity contribution in [1.29, 1.82) is 0 Å². The lowest BCUT2D eigenvalue weighted by atomic mass is 10.1. The average Bonchev–Trinajstić information content (AvgIpc) is 3.24. The van der Waals surface area contributed by atoms with Crippen molar-refractivity contribution in [3.8, 4) is 11.3 Å². The molecule has 0 aliphatic carbocycles. The van der Waals surface area contributed by atoms with Crippen molar-refractivity contribution in [3.63, 3.8) is 0 Å². The first-order valence-electron chi connectivity index (χ1n) is 10.2. The minimum Gasteiger partial charge on any atom is -0.368 e. The molecule has 9 heteroatoms. The van der Waals surface area contributed by atoms with Crippen LogP contribution < -0.4 is 10.6 Å². The smallest absolute Gasteiger partial charge is 0.267 e. The molecule has 0 saturated heterocycles. The third-order valence-electron chi connectivity index (χ3n) is 5.07. The van der Waals surface area contributed by atoms with Gasteiger partial charge in [-0.15, -0.1) is 10.2 Å². The first kappa shape index (κ1) is 21.4. The zero-order valence-corrected chi connectivity index (χ0v) is 17.4. The van der Waals surface area contributed by atoms with E-state index in [9.17, 15) is 13.6 Å². The molecule has 1 amide bonds. The topological polar surface area (TPSA) is 95.6 Å². The van der Waals surface area contributed by atoms with E-state index in [1.165, 1.54) is 18.3 Å². The lowest BCUT2D eigenvalue weighted by molar-refractivity contribution is 0.0959. The van der Waals surface area contributed by atoms with E-state index in [2.05, 4.69) is 30.8 Å². The average molecular weight is 436 g/mol. The van der Waals surface area contributed by atoms with Crippen LogP contribution in [0.25, 0.3) is 22.2 Å². The minimum absolute atomic E-state index is 0.0672. The van der Waals surface area contributed by atoms with Gasteiger partial charge in [-0.25, -0.2) is 8.78 Å². The Morgan fingerprint density at radius 1 is 1.16 bits per heavy atom. The Morgan fingerprint density at radius 2 is 2.03 bits per heavy atom. The summed E-state index contributed by atoms with van der Waals surface area (Å²) in [5, 5.41) is 14.9. The van der Waals surface area contributed by atoms with Gasteiger partial charge >= 0.3 is 0 Å². The van der Waals surface area contributed by atoms with Crippen molar-refractivity contribution in [3.05, 3.63) is 71.9 Å². The largest absolute Gasteiger partial charge is 0.368 e. The fraction of sp³-hybridized carbons (Fsp3) is 0.217. The summed E-state index contributed by atoms with van der Waals surface area (Å²) in [4.78, 5) is 18.7. The summed E-state index contributed by atoms with van der Waals surface area (Å²) in [7, 11) is 1.58. The molecular formula is C23H22F2N6O. The van der Waals surface area contributed by atoms with Crippen LogP contribution in [0.5, 0.6) is 0 Å². The van der Waals surface area contributed by atoms with Crippen molar-refractivity contribution in [2.75, 3.05) is 18.9 Å². The molecule has 0 aliphatic heterocycles. The van der Waals surface area contributed by atoms with Crippen LogP contribution in [-0.4, -0.2) is 45.8 Å². The highest BCUT2D eigenvalue weighted by Gasteiger charge is 2.13. The SMILES string of the molecule is CNC(=O)c1cc2cc(-c3ccc(NCC[C@H](F)Cc4ncccc4F)nn3)ccc2[nH]1. The molecule has 0 fully saturated rings. The van der Waals surface area contributed by atoms with Crippen molar-refractivity contribution >= 4 is 22.6 Å². The van der Waals surface area contributed by atoms with Crippen molar-refractivity contribution < 1.29 is 13.6 Å². The molecule has 7 nitrogen and oxygen atoms in total. The zero-order valence-electron chi connectivity index (χ0n) is 17.4. The third-order valence-corrected chi connectivity index (χ3v) is 5.07. The summed E-state index contributed by atoms with van der Waals surface area (Å²) >= 11 is 0. The number of H-pyrrole nitrogens is 1. The number of nitrogens with one attached hydrogen (secondary N) is 3. The number of hydrogen-bond acceptors (Lipinski definition) is 5.